The minimum Gasteiger partial charge on any atom is -0.325 e. The van der Waals surface area contributed by atoms with Crippen molar-refractivity contribution in [1.82, 2.24) is 0 Å². The zero-order valence-corrected chi connectivity index (χ0v) is 7.88. The van der Waals surface area contributed by atoms with Crippen molar-refractivity contribution in [3.05, 3.63) is 21.6 Å². The second-order valence-corrected chi connectivity index (χ2v) is 4.78. The molecule has 2 rings (SSSR count). The second kappa shape index (κ2) is 2.54. The Morgan fingerprint density at radius 3 is 3.17 bits per heavy atom. The predicted molar refractivity (Wildman–Crippen MR) is 48.9 cm³/mol. The molecule has 1 aliphatic carbocycles. The maximum absolute atomic E-state index is 13.1. The van der Waals surface area contributed by atoms with Crippen molar-refractivity contribution in [3.8, 4) is 0 Å². The molecular weight excluding hydrogens is 173 g/mol. The molecule has 0 fully saturated rings. The van der Waals surface area contributed by atoms with Gasteiger partial charge in [0.05, 0.1) is 0 Å². The summed E-state index contributed by atoms with van der Waals surface area (Å²) in [6.45, 7) is 2.04. The molecule has 66 valence electrons. The van der Waals surface area contributed by atoms with Gasteiger partial charge < -0.3 is 5.73 Å². The van der Waals surface area contributed by atoms with E-state index in [1.54, 1.807) is 5.38 Å². The van der Waals surface area contributed by atoms with Gasteiger partial charge in [-0.3, -0.25) is 0 Å². The van der Waals surface area contributed by atoms with Crippen molar-refractivity contribution < 1.29 is 4.39 Å². The third-order valence-corrected chi connectivity index (χ3v) is 3.44. The highest BCUT2D eigenvalue weighted by Gasteiger charge is 2.28. The molecule has 1 unspecified atom stereocenters. The van der Waals surface area contributed by atoms with E-state index in [1.165, 1.54) is 11.3 Å². The second-order valence-electron chi connectivity index (χ2n) is 3.82. The van der Waals surface area contributed by atoms with Crippen LogP contribution in [-0.4, -0.2) is 5.54 Å². The number of hydrogen-bond donors (Lipinski definition) is 1. The lowest BCUT2D eigenvalue weighted by Gasteiger charge is -2.28. The lowest BCUT2D eigenvalue weighted by Crippen LogP contribution is -2.41. The topological polar surface area (TPSA) is 26.0 Å². The summed E-state index contributed by atoms with van der Waals surface area (Å²) in [5.74, 6) is -0.0366. The summed E-state index contributed by atoms with van der Waals surface area (Å²) in [5.41, 5.74) is 6.77. The number of halogens is 1. The smallest absolute Gasteiger partial charge is 0.137 e. The van der Waals surface area contributed by atoms with Gasteiger partial charge in [-0.1, -0.05) is 0 Å². The fraction of sp³-hybridized carbons (Fsp3) is 0.556. The molecule has 0 amide bonds. The summed E-state index contributed by atoms with van der Waals surface area (Å²) in [6, 6.07) is 0. The first-order valence-corrected chi connectivity index (χ1v) is 5.00. The number of fused-ring (bicyclic) bond motifs is 1. The van der Waals surface area contributed by atoms with Gasteiger partial charge in [0.25, 0.3) is 0 Å². The van der Waals surface area contributed by atoms with E-state index in [0.29, 0.717) is 0 Å². The monoisotopic (exact) mass is 185 g/mol. The van der Waals surface area contributed by atoms with Gasteiger partial charge >= 0.3 is 0 Å². The maximum atomic E-state index is 13.1. The number of thiophene rings is 1. The normalized spacial score (nSPS) is 28.6. The van der Waals surface area contributed by atoms with Gasteiger partial charge in [-0.15, -0.1) is 11.3 Å². The quantitative estimate of drug-likeness (QED) is 0.658. The van der Waals surface area contributed by atoms with Crippen LogP contribution in [0.4, 0.5) is 4.39 Å². The molecule has 1 nitrogen and oxygen atoms in total. The highest BCUT2D eigenvalue weighted by Crippen LogP contribution is 2.32. The largest absolute Gasteiger partial charge is 0.325 e. The summed E-state index contributed by atoms with van der Waals surface area (Å²) in [5, 5.41) is 1.59. The van der Waals surface area contributed by atoms with E-state index >= 15 is 0 Å². The molecule has 1 aliphatic rings. The molecule has 0 bridgehead atoms. The average Bonchev–Trinajstić information content (AvgIpc) is 2.30. The van der Waals surface area contributed by atoms with Gasteiger partial charge in [0.2, 0.25) is 0 Å². The first-order valence-electron chi connectivity index (χ1n) is 4.12. The molecule has 0 saturated carbocycles. The van der Waals surface area contributed by atoms with Gasteiger partial charge in [0, 0.05) is 21.4 Å². The van der Waals surface area contributed by atoms with Crippen molar-refractivity contribution in [2.75, 3.05) is 0 Å². The van der Waals surface area contributed by atoms with Gasteiger partial charge in [-0.25, -0.2) is 4.39 Å². The molecule has 2 N–H and O–H groups in total. The number of nitrogens with two attached hydrogens (primary N) is 1. The summed E-state index contributed by atoms with van der Waals surface area (Å²) in [7, 11) is 0. The molecule has 0 saturated heterocycles. The summed E-state index contributed by atoms with van der Waals surface area (Å²) >= 11 is 1.50. The van der Waals surface area contributed by atoms with E-state index < -0.39 is 0 Å². The van der Waals surface area contributed by atoms with Crippen LogP contribution in [-0.2, 0) is 12.8 Å². The molecule has 1 heterocycles. The van der Waals surface area contributed by atoms with Crippen molar-refractivity contribution in [2.24, 2.45) is 5.73 Å². The van der Waals surface area contributed by atoms with Crippen molar-refractivity contribution in [3.63, 3.8) is 0 Å². The minimum atomic E-state index is -0.121. The molecule has 1 aromatic heterocycles. The van der Waals surface area contributed by atoms with Crippen LogP contribution in [0.3, 0.4) is 0 Å². The molecular formula is C9H12FNS. The molecule has 0 aliphatic heterocycles. The maximum Gasteiger partial charge on any atom is 0.137 e. The van der Waals surface area contributed by atoms with Crippen LogP contribution in [0.25, 0.3) is 0 Å². The Kier molecular flexibility index (Phi) is 1.73. The minimum absolute atomic E-state index is 0.0366. The van der Waals surface area contributed by atoms with E-state index in [-0.39, 0.29) is 11.4 Å². The molecule has 0 radical (unpaired) electrons. The Labute approximate surface area is 75.4 Å². The Bertz CT molecular complexity index is 303. The summed E-state index contributed by atoms with van der Waals surface area (Å²) in [6.07, 6.45) is 2.53. The van der Waals surface area contributed by atoms with Crippen molar-refractivity contribution in [2.45, 2.75) is 31.7 Å². The number of hydrogen-bond acceptors (Lipinski definition) is 2. The van der Waals surface area contributed by atoms with Gasteiger partial charge in [-0.2, -0.15) is 0 Å². The highest BCUT2D eigenvalue weighted by molar-refractivity contribution is 7.10. The van der Waals surface area contributed by atoms with E-state index in [2.05, 4.69) is 0 Å². The molecule has 0 spiro atoms. The predicted octanol–water partition coefficient (Wildman–Crippen LogP) is 2.09. The standard InChI is InChI=1S/C9H12FNS/c1-9(11)3-2-6-7(10)5-12-8(6)4-9/h5H,2-4,11H2,1H3. The van der Waals surface area contributed by atoms with Crippen LogP contribution >= 0.6 is 11.3 Å². The first kappa shape index (κ1) is 8.20. The van der Waals surface area contributed by atoms with E-state index in [9.17, 15) is 4.39 Å². The molecule has 0 aromatic carbocycles. The third kappa shape index (κ3) is 1.27. The van der Waals surface area contributed by atoms with Crippen LogP contribution in [0.2, 0.25) is 0 Å². The van der Waals surface area contributed by atoms with Crippen LogP contribution in [0, 0.1) is 5.82 Å². The van der Waals surface area contributed by atoms with Crippen LogP contribution in [0.15, 0.2) is 5.38 Å². The van der Waals surface area contributed by atoms with Crippen LogP contribution < -0.4 is 5.73 Å². The zero-order chi connectivity index (χ0) is 8.77. The lowest BCUT2D eigenvalue weighted by atomic mass is 9.84. The molecule has 1 aromatic rings. The number of rotatable bonds is 0. The summed E-state index contributed by atoms with van der Waals surface area (Å²) < 4.78 is 13.1. The van der Waals surface area contributed by atoms with Crippen LogP contribution in [0.1, 0.15) is 23.8 Å². The van der Waals surface area contributed by atoms with E-state index in [0.717, 1.165) is 29.7 Å². The van der Waals surface area contributed by atoms with Crippen molar-refractivity contribution in [1.29, 1.82) is 0 Å². The molecule has 12 heavy (non-hydrogen) atoms. The fourth-order valence-corrected chi connectivity index (χ4v) is 2.81. The van der Waals surface area contributed by atoms with Crippen LogP contribution in [0.5, 0.6) is 0 Å². The molecule has 1 atom stereocenters. The van der Waals surface area contributed by atoms with E-state index in [1.807, 2.05) is 6.92 Å². The van der Waals surface area contributed by atoms with E-state index in [4.69, 9.17) is 5.73 Å². The van der Waals surface area contributed by atoms with Crippen molar-refractivity contribution >= 4 is 11.3 Å². The third-order valence-electron chi connectivity index (χ3n) is 2.44. The zero-order valence-electron chi connectivity index (χ0n) is 7.06. The Balaban J connectivity index is 2.37. The van der Waals surface area contributed by atoms with Gasteiger partial charge in [0.15, 0.2) is 0 Å². The average molecular weight is 185 g/mol. The van der Waals surface area contributed by atoms with Gasteiger partial charge in [0.1, 0.15) is 5.82 Å². The lowest BCUT2D eigenvalue weighted by molar-refractivity contribution is 0.407. The Hall–Kier alpha value is -0.410. The fourth-order valence-electron chi connectivity index (χ4n) is 1.67. The Morgan fingerprint density at radius 2 is 2.42 bits per heavy atom. The van der Waals surface area contributed by atoms with Gasteiger partial charge in [-0.05, 0) is 26.2 Å². The Morgan fingerprint density at radius 1 is 1.67 bits per heavy atom. The first-order chi connectivity index (χ1) is 5.58. The molecule has 3 heteroatoms. The highest BCUT2D eigenvalue weighted by atomic mass is 32.1. The SMILES string of the molecule is CC1(N)CCc2c(F)csc2C1. The summed E-state index contributed by atoms with van der Waals surface area (Å²) in [4.78, 5) is 1.14.